The predicted octanol–water partition coefficient (Wildman–Crippen LogP) is -0.713. The van der Waals surface area contributed by atoms with Crippen LogP contribution in [0.3, 0.4) is 0 Å². The van der Waals surface area contributed by atoms with Crippen LogP contribution in [0.4, 0.5) is 0 Å². The summed E-state index contributed by atoms with van der Waals surface area (Å²) in [6.07, 6.45) is 0. The van der Waals surface area contributed by atoms with Crippen molar-refractivity contribution in [1.82, 2.24) is 10.6 Å². The van der Waals surface area contributed by atoms with Gasteiger partial charge in [0, 0.05) is 32.8 Å². The Morgan fingerprint density at radius 2 is 1.77 bits per heavy atom. The van der Waals surface area contributed by atoms with Crippen LogP contribution in [0.15, 0.2) is 0 Å². The summed E-state index contributed by atoms with van der Waals surface area (Å²) in [4.78, 5) is 9.63. The molecule has 0 bridgehead atoms. The standard InChI is InChI=1S/C4H10N2.C4H8O3/c1-2-6-4-3-5-1;1-2-7-3-4(5)6/h5-6H,1-4H2;2-3H2,1H3,(H,5,6). The Morgan fingerprint density at radius 1 is 1.31 bits per heavy atom. The lowest BCUT2D eigenvalue weighted by atomic mass is 10.4. The highest BCUT2D eigenvalue weighted by Crippen LogP contribution is 1.69. The minimum Gasteiger partial charge on any atom is -0.480 e. The number of rotatable bonds is 3. The molecule has 0 aromatic heterocycles. The van der Waals surface area contributed by atoms with Gasteiger partial charge in [-0.25, -0.2) is 4.79 Å². The van der Waals surface area contributed by atoms with Gasteiger partial charge in [0.2, 0.25) is 0 Å². The molecule has 5 nitrogen and oxygen atoms in total. The largest absolute Gasteiger partial charge is 0.480 e. The van der Waals surface area contributed by atoms with Crippen molar-refractivity contribution in [1.29, 1.82) is 0 Å². The quantitative estimate of drug-likeness (QED) is 0.548. The van der Waals surface area contributed by atoms with E-state index in [9.17, 15) is 4.79 Å². The molecule has 78 valence electrons. The summed E-state index contributed by atoms with van der Waals surface area (Å²) >= 11 is 0. The number of carboxylic acids is 1. The van der Waals surface area contributed by atoms with Gasteiger partial charge >= 0.3 is 5.97 Å². The SMILES string of the molecule is C1CNCCN1.CCOCC(=O)O. The Balaban J connectivity index is 0.000000223. The first-order valence-corrected chi connectivity index (χ1v) is 4.48. The fourth-order valence-corrected chi connectivity index (χ4v) is 0.793. The molecule has 0 radical (unpaired) electrons. The summed E-state index contributed by atoms with van der Waals surface area (Å²) in [5.74, 6) is -0.915. The lowest BCUT2D eigenvalue weighted by molar-refractivity contribution is -0.142. The van der Waals surface area contributed by atoms with Gasteiger partial charge in [-0.2, -0.15) is 0 Å². The molecule has 3 N–H and O–H groups in total. The maximum atomic E-state index is 9.63. The Morgan fingerprint density at radius 3 is 1.92 bits per heavy atom. The van der Waals surface area contributed by atoms with E-state index >= 15 is 0 Å². The van der Waals surface area contributed by atoms with Crippen molar-refractivity contribution in [2.24, 2.45) is 0 Å². The highest BCUT2D eigenvalue weighted by Gasteiger charge is 1.91. The fourth-order valence-electron chi connectivity index (χ4n) is 0.793. The number of hydrogen-bond acceptors (Lipinski definition) is 4. The van der Waals surface area contributed by atoms with Gasteiger partial charge in [0.05, 0.1) is 0 Å². The number of hydrogen-bond donors (Lipinski definition) is 3. The summed E-state index contributed by atoms with van der Waals surface area (Å²) in [5, 5.41) is 14.4. The molecule has 1 aliphatic rings. The molecule has 1 aliphatic heterocycles. The number of piperazine rings is 1. The normalized spacial score (nSPS) is 15.8. The van der Waals surface area contributed by atoms with Crippen molar-refractivity contribution in [3.8, 4) is 0 Å². The molecular weight excluding hydrogens is 172 g/mol. The van der Waals surface area contributed by atoms with Crippen LogP contribution in [-0.4, -0.2) is 50.5 Å². The number of ether oxygens (including phenoxy) is 1. The van der Waals surface area contributed by atoms with Crippen LogP contribution < -0.4 is 10.6 Å². The third-order valence-electron chi connectivity index (χ3n) is 1.39. The van der Waals surface area contributed by atoms with Gasteiger partial charge in [-0.3, -0.25) is 0 Å². The molecule has 0 aromatic carbocycles. The Bertz CT molecular complexity index is 115. The average molecular weight is 190 g/mol. The smallest absolute Gasteiger partial charge is 0.329 e. The van der Waals surface area contributed by atoms with Crippen LogP contribution in [0, 0.1) is 0 Å². The average Bonchev–Trinajstić information content (AvgIpc) is 2.18. The van der Waals surface area contributed by atoms with E-state index in [-0.39, 0.29) is 6.61 Å². The zero-order chi connectivity index (χ0) is 9.94. The predicted molar refractivity (Wildman–Crippen MR) is 49.9 cm³/mol. The molecule has 5 heteroatoms. The lowest BCUT2D eigenvalue weighted by Crippen LogP contribution is -2.39. The van der Waals surface area contributed by atoms with Crippen molar-refractivity contribution < 1.29 is 14.6 Å². The molecule has 0 unspecified atom stereocenters. The van der Waals surface area contributed by atoms with Crippen LogP contribution >= 0.6 is 0 Å². The molecule has 0 saturated carbocycles. The molecule has 13 heavy (non-hydrogen) atoms. The molecule has 0 atom stereocenters. The number of carboxylic acid groups (broad SMARTS) is 1. The molecular formula is C8H18N2O3. The van der Waals surface area contributed by atoms with E-state index < -0.39 is 5.97 Å². The maximum Gasteiger partial charge on any atom is 0.329 e. The monoisotopic (exact) mass is 190 g/mol. The first kappa shape index (κ1) is 12.3. The van der Waals surface area contributed by atoms with E-state index in [1.165, 1.54) is 0 Å². The molecule has 1 rings (SSSR count). The van der Waals surface area contributed by atoms with E-state index in [0.717, 1.165) is 26.2 Å². The first-order chi connectivity index (χ1) is 6.27. The van der Waals surface area contributed by atoms with Gasteiger partial charge in [-0.15, -0.1) is 0 Å². The molecule has 1 saturated heterocycles. The van der Waals surface area contributed by atoms with Crippen molar-refractivity contribution >= 4 is 5.97 Å². The summed E-state index contributed by atoms with van der Waals surface area (Å²) in [6.45, 7) is 6.59. The molecule has 0 spiro atoms. The second kappa shape index (κ2) is 9.44. The van der Waals surface area contributed by atoms with Gasteiger partial charge in [0.1, 0.15) is 6.61 Å². The minimum atomic E-state index is -0.915. The lowest BCUT2D eigenvalue weighted by Gasteiger charge is -2.11. The van der Waals surface area contributed by atoms with Crippen molar-refractivity contribution in [3.63, 3.8) is 0 Å². The van der Waals surface area contributed by atoms with Crippen LogP contribution in [0.2, 0.25) is 0 Å². The Kier molecular flexibility index (Phi) is 8.97. The highest BCUT2D eigenvalue weighted by atomic mass is 16.5. The molecule has 0 aromatic rings. The van der Waals surface area contributed by atoms with E-state index in [1.807, 2.05) is 0 Å². The van der Waals surface area contributed by atoms with Gasteiger partial charge in [-0.05, 0) is 6.92 Å². The molecule has 0 amide bonds. The third-order valence-corrected chi connectivity index (χ3v) is 1.39. The first-order valence-electron chi connectivity index (χ1n) is 4.48. The fraction of sp³-hybridized carbons (Fsp3) is 0.875. The van der Waals surface area contributed by atoms with Crippen molar-refractivity contribution in [2.45, 2.75) is 6.92 Å². The highest BCUT2D eigenvalue weighted by molar-refractivity contribution is 5.67. The topological polar surface area (TPSA) is 70.6 Å². The zero-order valence-corrected chi connectivity index (χ0v) is 8.01. The second-order valence-electron chi connectivity index (χ2n) is 2.53. The van der Waals surface area contributed by atoms with E-state index in [4.69, 9.17) is 5.11 Å². The Hall–Kier alpha value is -0.650. The molecule has 1 fully saturated rings. The zero-order valence-electron chi connectivity index (χ0n) is 8.01. The van der Waals surface area contributed by atoms with Gasteiger partial charge in [0.25, 0.3) is 0 Å². The number of nitrogens with one attached hydrogen (secondary N) is 2. The maximum absolute atomic E-state index is 9.63. The Labute approximate surface area is 78.5 Å². The van der Waals surface area contributed by atoms with Crippen LogP contribution in [0.25, 0.3) is 0 Å². The van der Waals surface area contributed by atoms with Gasteiger partial charge in [0.15, 0.2) is 0 Å². The minimum absolute atomic E-state index is 0.184. The van der Waals surface area contributed by atoms with Crippen molar-refractivity contribution in [2.75, 3.05) is 39.4 Å². The van der Waals surface area contributed by atoms with Crippen molar-refractivity contribution in [3.05, 3.63) is 0 Å². The van der Waals surface area contributed by atoms with Gasteiger partial charge in [-0.1, -0.05) is 0 Å². The van der Waals surface area contributed by atoms with Gasteiger partial charge < -0.3 is 20.5 Å². The summed E-state index contributed by atoms with van der Waals surface area (Å²) in [6, 6.07) is 0. The van der Waals surface area contributed by atoms with E-state index in [1.54, 1.807) is 6.92 Å². The van der Waals surface area contributed by atoms with Crippen LogP contribution in [-0.2, 0) is 9.53 Å². The second-order valence-corrected chi connectivity index (χ2v) is 2.53. The van der Waals surface area contributed by atoms with E-state index in [0.29, 0.717) is 6.61 Å². The molecule has 0 aliphatic carbocycles. The summed E-state index contributed by atoms with van der Waals surface area (Å²) in [5.41, 5.74) is 0. The summed E-state index contributed by atoms with van der Waals surface area (Å²) < 4.78 is 4.50. The van der Waals surface area contributed by atoms with E-state index in [2.05, 4.69) is 15.4 Å². The van der Waals surface area contributed by atoms with Crippen LogP contribution in [0.1, 0.15) is 6.92 Å². The summed E-state index contributed by atoms with van der Waals surface area (Å²) in [7, 11) is 0. The third kappa shape index (κ3) is 11.3. The van der Waals surface area contributed by atoms with Crippen LogP contribution in [0.5, 0.6) is 0 Å². The number of carbonyl (C=O) groups is 1. The molecule has 1 heterocycles. The number of aliphatic carboxylic acids is 1.